The fourth-order valence-corrected chi connectivity index (χ4v) is 3.89. The second-order valence-electron chi connectivity index (χ2n) is 4.58. The maximum atomic E-state index is 11.8. The lowest BCUT2D eigenvalue weighted by Gasteiger charge is -2.11. The van der Waals surface area contributed by atoms with Gasteiger partial charge >= 0.3 is 0 Å². The molecule has 7 heteroatoms. The normalized spacial score (nSPS) is 21.2. The summed E-state index contributed by atoms with van der Waals surface area (Å²) in [6, 6.07) is 3.52. The Balaban J connectivity index is 2.02. The summed E-state index contributed by atoms with van der Waals surface area (Å²) in [5.74, 6) is -0.800. The SMILES string of the molecule is O=C(NCC1CCCS1(=O)=O)c1cc(O)cc(O)c1. The average Bonchev–Trinajstić information content (AvgIpc) is 2.64. The molecular formula is C12H15NO5S. The van der Waals surface area contributed by atoms with E-state index >= 15 is 0 Å². The van der Waals surface area contributed by atoms with Crippen LogP contribution in [0.1, 0.15) is 23.2 Å². The van der Waals surface area contributed by atoms with Gasteiger partial charge in [-0.05, 0) is 25.0 Å². The smallest absolute Gasteiger partial charge is 0.251 e. The molecule has 0 spiro atoms. The maximum absolute atomic E-state index is 11.8. The number of aromatic hydroxyl groups is 2. The number of carbonyl (C=O) groups is 1. The maximum Gasteiger partial charge on any atom is 0.251 e. The Morgan fingerprint density at radius 2 is 1.89 bits per heavy atom. The molecule has 2 rings (SSSR count). The lowest BCUT2D eigenvalue weighted by Crippen LogP contribution is -2.34. The predicted octanol–water partition coefficient (Wildman–Crippen LogP) is 0.405. The standard InChI is InChI=1S/C12H15NO5S/c14-9-4-8(5-10(15)6-9)12(16)13-7-11-2-1-3-19(11,17)18/h4-6,11,14-15H,1-3,7H2,(H,13,16). The van der Waals surface area contributed by atoms with Crippen molar-refractivity contribution in [3.8, 4) is 11.5 Å². The number of hydrogen-bond donors (Lipinski definition) is 3. The van der Waals surface area contributed by atoms with Gasteiger partial charge in [-0.1, -0.05) is 0 Å². The molecule has 0 bridgehead atoms. The molecule has 19 heavy (non-hydrogen) atoms. The number of amides is 1. The van der Waals surface area contributed by atoms with Crippen LogP contribution in [0.25, 0.3) is 0 Å². The molecule has 1 aliphatic heterocycles. The summed E-state index contributed by atoms with van der Waals surface area (Å²) < 4.78 is 23.2. The zero-order valence-electron chi connectivity index (χ0n) is 10.2. The van der Waals surface area contributed by atoms with Gasteiger partial charge in [0.05, 0.1) is 11.0 Å². The van der Waals surface area contributed by atoms with Gasteiger partial charge in [0.2, 0.25) is 0 Å². The highest BCUT2D eigenvalue weighted by Crippen LogP contribution is 2.21. The molecule has 104 valence electrons. The predicted molar refractivity (Wildman–Crippen MR) is 68.9 cm³/mol. The van der Waals surface area contributed by atoms with Crippen molar-refractivity contribution in [2.24, 2.45) is 0 Å². The second-order valence-corrected chi connectivity index (χ2v) is 6.98. The van der Waals surface area contributed by atoms with Gasteiger partial charge in [-0.2, -0.15) is 0 Å². The van der Waals surface area contributed by atoms with Crippen molar-refractivity contribution in [3.63, 3.8) is 0 Å². The minimum Gasteiger partial charge on any atom is -0.508 e. The number of phenolic OH excluding ortho intramolecular Hbond substituents is 2. The number of sulfone groups is 1. The summed E-state index contributed by atoms with van der Waals surface area (Å²) in [4.78, 5) is 11.8. The highest BCUT2D eigenvalue weighted by molar-refractivity contribution is 7.92. The number of rotatable bonds is 3. The molecule has 1 heterocycles. The van der Waals surface area contributed by atoms with Crippen LogP contribution in [-0.2, 0) is 9.84 Å². The van der Waals surface area contributed by atoms with E-state index in [9.17, 15) is 23.4 Å². The molecule has 1 saturated heterocycles. The lowest BCUT2D eigenvalue weighted by molar-refractivity contribution is 0.0952. The van der Waals surface area contributed by atoms with Crippen LogP contribution in [0, 0.1) is 0 Å². The third-order valence-electron chi connectivity index (χ3n) is 3.12. The number of carbonyl (C=O) groups excluding carboxylic acids is 1. The molecule has 0 saturated carbocycles. The number of benzene rings is 1. The molecule has 0 radical (unpaired) electrons. The van der Waals surface area contributed by atoms with Crippen LogP contribution in [0.15, 0.2) is 18.2 Å². The van der Waals surface area contributed by atoms with Crippen molar-refractivity contribution in [2.45, 2.75) is 18.1 Å². The molecule has 0 aromatic heterocycles. The Hall–Kier alpha value is -1.76. The lowest BCUT2D eigenvalue weighted by atomic mass is 10.2. The zero-order chi connectivity index (χ0) is 14.0. The first-order valence-corrected chi connectivity index (χ1v) is 7.63. The summed E-state index contributed by atoms with van der Waals surface area (Å²) >= 11 is 0. The molecule has 0 aliphatic carbocycles. The van der Waals surface area contributed by atoms with Gasteiger partial charge in [0.25, 0.3) is 5.91 Å². The van der Waals surface area contributed by atoms with Crippen LogP contribution in [-0.4, -0.2) is 42.1 Å². The highest BCUT2D eigenvalue weighted by atomic mass is 32.2. The Bertz CT molecular complexity index is 576. The molecule has 1 aliphatic rings. The summed E-state index contributed by atoms with van der Waals surface area (Å²) in [5, 5.41) is 20.5. The average molecular weight is 285 g/mol. The van der Waals surface area contributed by atoms with E-state index in [4.69, 9.17) is 0 Å². The Morgan fingerprint density at radius 1 is 1.26 bits per heavy atom. The topological polar surface area (TPSA) is 104 Å². The van der Waals surface area contributed by atoms with E-state index < -0.39 is 21.0 Å². The van der Waals surface area contributed by atoms with E-state index in [2.05, 4.69) is 5.32 Å². The van der Waals surface area contributed by atoms with E-state index in [1.165, 1.54) is 12.1 Å². The monoisotopic (exact) mass is 285 g/mol. The van der Waals surface area contributed by atoms with Crippen molar-refractivity contribution in [3.05, 3.63) is 23.8 Å². The molecule has 1 aromatic carbocycles. The highest BCUT2D eigenvalue weighted by Gasteiger charge is 2.31. The third-order valence-corrected chi connectivity index (χ3v) is 5.39. The first-order chi connectivity index (χ1) is 8.88. The first kappa shape index (κ1) is 13.7. The minimum absolute atomic E-state index is 0.0532. The van der Waals surface area contributed by atoms with Crippen LogP contribution in [0.2, 0.25) is 0 Å². The molecule has 1 atom stereocenters. The summed E-state index contributed by atoms with van der Waals surface area (Å²) in [5.41, 5.74) is 0.0906. The summed E-state index contributed by atoms with van der Waals surface area (Å²) in [6.45, 7) is 0.0532. The Labute approximate surface area is 111 Å². The van der Waals surface area contributed by atoms with Gasteiger partial charge in [0.1, 0.15) is 11.5 Å². The molecule has 1 aromatic rings. The summed E-state index contributed by atoms with van der Waals surface area (Å²) in [7, 11) is -3.09. The van der Waals surface area contributed by atoms with Crippen LogP contribution >= 0.6 is 0 Å². The Kier molecular flexibility index (Phi) is 3.66. The van der Waals surface area contributed by atoms with Gasteiger partial charge in [0.15, 0.2) is 9.84 Å². The van der Waals surface area contributed by atoms with E-state index in [1.807, 2.05) is 0 Å². The molecular weight excluding hydrogens is 270 g/mol. The van der Waals surface area contributed by atoms with Crippen molar-refractivity contribution >= 4 is 15.7 Å². The molecule has 1 fully saturated rings. The van der Waals surface area contributed by atoms with Crippen LogP contribution < -0.4 is 5.32 Å². The van der Waals surface area contributed by atoms with Crippen molar-refractivity contribution in [1.82, 2.24) is 5.32 Å². The second kappa shape index (κ2) is 5.08. The van der Waals surface area contributed by atoms with Crippen LogP contribution in [0.3, 0.4) is 0 Å². The van der Waals surface area contributed by atoms with Gasteiger partial charge in [-0.15, -0.1) is 0 Å². The fraction of sp³-hybridized carbons (Fsp3) is 0.417. The fourth-order valence-electron chi connectivity index (χ4n) is 2.12. The van der Waals surface area contributed by atoms with Crippen molar-refractivity contribution in [1.29, 1.82) is 0 Å². The zero-order valence-corrected chi connectivity index (χ0v) is 11.0. The van der Waals surface area contributed by atoms with Gasteiger partial charge < -0.3 is 15.5 Å². The first-order valence-electron chi connectivity index (χ1n) is 5.91. The van der Waals surface area contributed by atoms with Gasteiger partial charge in [-0.3, -0.25) is 4.79 Å². The molecule has 1 amide bonds. The largest absolute Gasteiger partial charge is 0.508 e. The van der Waals surface area contributed by atoms with E-state index in [1.54, 1.807) is 0 Å². The van der Waals surface area contributed by atoms with Gasteiger partial charge in [-0.25, -0.2) is 8.42 Å². The van der Waals surface area contributed by atoms with Gasteiger partial charge in [0, 0.05) is 18.2 Å². The van der Waals surface area contributed by atoms with Crippen LogP contribution in [0.4, 0.5) is 0 Å². The molecule has 3 N–H and O–H groups in total. The van der Waals surface area contributed by atoms with E-state index in [-0.39, 0.29) is 29.4 Å². The molecule has 1 unspecified atom stereocenters. The van der Waals surface area contributed by atoms with E-state index in [0.29, 0.717) is 12.8 Å². The van der Waals surface area contributed by atoms with E-state index in [0.717, 1.165) is 6.07 Å². The summed E-state index contributed by atoms with van der Waals surface area (Å²) in [6.07, 6.45) is 1.17. The number of hydrogen-bond acceptors (Lipinski definition) is 5. The quantitative estimate of drug-likeness (QED) is 0.746. The third kappa shape index (κ3) is 3.17. The molecule has 6 nitrogen and oxygen atoms in total. The van der Waals surface area contributed by atoms with Crippen molar-refractivity contribution in [2.75, 3.05) is 12.3 Å². The number of phenols is 2. The van der Waals surface area contributed by atoms with Crippen molar-refractivity contribution < 1.29 is 23.4 Å². The minimum atomic E-state index is -3.09. The van der Waals surface area contributed by atoms with Crippen LogP contribution in [0.5, 0.6) is 11.5 Å². The number of nitrogens with one attached hydrogen (secondary N) is 1. The Morgan fingerprint density at radius 3 is 2.42 bits per heavy atom.